The van der Waals surface area contributed by atoms with E-state index in [1.54, 1.807) is 7.05 Å². The van der Waals surface area contributed by atoms with Crippen molar-refractivity contribution in [3.63, 3.8) is 0 Å². The molecule has 1 saturated carbocycles. The molecule has 2 heterocycles. The van der Waals surface area contributed by atoms with Gasteiger partial charge in [0.25, 0.3) is 5.91 Å². The Morgan fingerprint density at radius 3 is 2.69 bits per heavy atom. The lowest BCUT2D eigenvalue weighted by Gasteiger charge is -2.36. The Bertz CT molecular complexity index is 763. The van der Waals surface area contributed by atoms with Gasteiger partial charge in [-0.1, -0.05) is 37.5 Å². The molecule has 29 heavy (non-hydrogen) atoms. The molecule has 0 radical (unpaired) electrons. The van der Waals surface area contributed by atoms with Crippen molar-refractivity contribution in [1.29, 1.82) is 0 Å². The van der Waals surface area contributed by atoms with Crippen molar-refractivity contribution in [2.24, 2.45) is 4.99 Å². The van der Waals surface area contributed by atoms with Crippen LogP contribution in [0.5, 0.6) is 5.75 Å². The van der Waals surface area contributed by atoms with Crippen LogP contribution in [0.4, 0.5) is 4.79 Å². The molecular formula is C21H29N5O3. The number of nitrogens with one attached hydrogen (secondary N) is 2. The first-order chi connectivity index (χ1) is 14.1. The maximum Gasteiger partial charge on any atom is 0.325 e. The Balaban J connectivity index is 1.43. The van der Waals surface area contributed by atoms with E-state index in [0.717, 1.165) is 31.0 Å². The number of hydrogen-bond donors (Lipinski definition) is 2. The number of imide groups is 1. The second-order valence-corrected chi connectivity index (χ2v) is 7.90. The van der Waals surface area contributed by atoms with Crippen LogP contribution in [0.25, 0.3) is 0 Å². The quantitative estimate of drug-likeness (QED) is 0.714. The van der Waals surface area contributed by atoms with Gasteiger partial charge in [-0.15, -0.1) is 0 Å². The van der Waals surface area contributed by atoms with Crippen LogP contribution in [0, 0.1) is 0 Å². The second kappa shape index (κ2) is 8.71. The summed E-state index contributed by atoms with van der Waals surface area (Å²) in [6.45, 7) is 1.17. The number of guanidine groups is 1. The Morgan fingerprint density at radius 2 is 1.93 bits per heavy atom. The summed E-state index contributed by atoms with van der Waals surface area (Å²) >= 11 is 0. The largest absolute Gasteiger partial charge is 0.494 e. The van der Waals surface area contributed by atoms with Gasteiger partial charge in [0.1, 0.15) is 5.75 Å². The highest BCUT2D eigenvalue weighted by molar-refractivity contribution is 6.03. The summed E-state index contributed by atoms with van der Waals surface area (Å²) in [5.74, 6) is 1.27. The molecule has 8 heteroatoms. The molecule has 4 rings (SSSR count). The molecule has 156 valence electrons. The molecule has 2 N–H and O–H groups in total. The number of fused-ring (bicyclic) bond motifs is 1. The zero-order valence-corrected chi connectivity index (χ0v) is 16.8. The van der Waals surface area contributed by atoms with E-state index in [-0.39, 0.29) is 5.91 Å². The van der Waals surface area contributed by atoms with E-state index in [4.69, 9.17) is 9.73 Å². The summed E-state index contributed by atoms with van der Waals surface area (Å²) in [5.41, 5.74) is 0. The standard InChI is InChI=1S/C21H29N5O3/c1-25-18-17(19(27)24-21(25)28)26(13-8-14-29-16-11-6-3-7-12-16)20(23-18)22-15-9-4-2-5-10-15/h3,6-7,11-12,15,17-18H,2,4-5,8-10,13-14H2,1H3,(H,22,23)(H,24,27,28). The van der Waals surface area contributed by atoms with Crippen LogP contribution in [-0.4, -0.2) is 66.1 Å². The maximum absolute atomic E-state index is 12.6. The molecule has 1 aromatic carbocycles. The van der Waals surface area contributed by atoms with Crippen molar-refractivity contribution in [3.8, 4) is 5.75 Å². The van der Waals surface area contributed by atoms with E-state index in [1.807, 2.05) is 35.2 Å². The fourth-order valence-corrected chi connectivity index (χ4v) is 4.26. The third-order valence-electron chi connectivity index (χ3n) is 5.85. The van der Waals surface area contributed by atoms with Crippen LogP contribution in [0.3, 0.4) is 0 Å². The number of ether oxygens (including phenoxy) is 1. The zero-order chi connectivity index (χ0) is 20.2. The predicted octanol–water partition coefficient (Wildman–Crippen LogP) is 1.93. The first-order valence-electron chi connectivity index (χ1n) is 10.5. The van der Waals surface area contributed by atoms with Gasteiger partial charge in [0.05, 0.1) is 6.61 Å². The van der Waals surface area contributed by atoms with Gasteiger partial charge < -0.3 is 19.9 Å². The first kappa shape index (κ1) is 19.5. The lowest BCUT2D eigenvalue weighted by atomic mass is 9.96. The van der Waals surface area contributed by atoms with Crippen molar-refractivity contribution in [1.82, 2.24) is 20.4 Å². The highest BCUT2D eigenvalue weighted by Gasteiger charge is 2.48. The summed E-state index contributed by atoms with van der Waals surface area (Å²) < 4.78 is 5.80. The van der Waals surface area contributed by atoms with Gasteiger partial charge in [0.2, 0.25) is 0 Å². The number of rotatable bonds is 6. The van der Waals surface area contributed by atoms with E-state index in [1.165, 1.54) is 24.2 Å². The predicted molar refractivity (Wildman–Crippen MR) is 110 cm³/mol. The van der Waals surface area contributed by atoms with Crippen molar-refractivity contribution in [3.05, 3.63) is 30.3 Å². The van der Waals surface area contributed by atoms with Crippen LogP contribution in [0.2, 0.25) is 0 Å². The SMILES string of the molecule is CN1C(=O)NC(=O)C2C1N=C(NC1CCCCC1)N2CCCOc1ccccc1. The third-order valence-corrected chi connectivity index (χ3v) is 5.85. The van der Waals surface area contributed by atoms with E-state index in [9.17, 15) is 9.59 Å². The molecule has 2 atom stereocenters. The second-order valence-electron chi connectivity index (χ2n) is 7.90. The minimum atomic E-state index is -0.500. The Labute approximate surface area is 171 Å². The van der Waals surface area contributed by atoms with Gasteiger partial charge in [-0.2, -0.15) is 0 Å². The lowest BCUT2D eigenvalue weighted by Crippen LogP contribution is -2.64. The number of amides is 3. The fourth-order valence-electron chi connectivity index (χ4n) is 4.26. The number of benzene rings is 1. The minimum absolute atomic E-state index is 0.286. The summed E-state index contributed by atoms with van der Waals surface area (Å²) in [6, 6.07) is 9.17. The van der Waals surface area contributed by atoms with Gasteiger partial charge in [-0.05, 0) is 31.4 Å². The Hall–Kier alpha value is -2.77. The van der Waals surface area contributed by atoms with E-state index in [0.29, 0.717) is 19.2 Å². The average molecular weight is 399 g/mol. The Kier molecular flexibility index (Phi) is 5.87. The van der Waals surface area contributed by atoms with Gasteiger partial charge >= 0.3 is 6.03 Å². The van der Waals surface area contributed by atoms with E-state index in [2.05, 4.69) is 10.6 Å². The minimum Gasteiger partial charge on any atom is -0.494 e. The van der Waals surface area contributed by atoms with Crippen LogP contribution < -0.4 is 15.4 Å². The monoisotopic (exact) mass is 399 g/mol. The molecule has 1 aliphatic carbocycles. The van der Waals surface area contributed by atoms with Crippen LogP contribution in [-0.2, 0) is 4.79 Å². The van der Waals surface area contributed by atoms with Gasteiger partial charge in [-0.25, -0.2) is 9.79 Å². The molecule has 3 amide bonds. The topological polar surface area (TPSA) is 86.3 Å². The van der Waals surface area contributed by atoms with Crippen LogP contribution in [0.15, 0.2) is 35.3 Å². The van der Waals surface area contributed by atoms with Gasteiger partial charge in [0, 0.05) is 19.6 Å². The first-order valence-corrected chi connectivity index (χ1v) is 10.5. The van der Waals surface area contributed by atoms with Crippen LogP contribution >= 0.6 is 0 Å². The molecule has 2 unspecified atom stereocenters. The summed E-state index contributed by atoms with van der Waals surface area (Å²) in [4.78, 5) is 32.9. The number of aliphatic imine (C=N–C) groups is 1. The van der Waals surface area contributed by atoms with Gasteiger partial charge in [0.15, 0.2) is 18.2 Å². The summed E-state index contributed by atoms with van der Waals surface area (Å²) in [5, 5.41) is 6.00. The van der Waals surface area contributed by atoms with Crippen molar-refractivity contribution in [2.75, 3.05) is 20.2 Å². The maximum atomic E-state index is 12.6. The molecular weight excluding hydrogens is 370 g/mol. The highest BCUT2D eigenvalue weighted by Crippen LogP contribution is 2.25. The molecule has 0 aromatic heterocycles. The summed E-state index contributed by atoms with van der Waals surface area (Å²) in [6.07, 6.45) is 6.17. The molecule has 8 nitrogen and oxygen atoms in total. The normalized spacial score (nSPS) is 24.8. The number of carbonyl (C=O) groups is 2. The molecule has 0 bridgehead atoms. The summed E-state index contributed by atoms with van der Waals surface area (Å²) in [7, 11) is 1.68. The number of para-hydroxylation sites is 1. The Morgan fingerprint density at radius 1 is 1.17 bits per heavy atom. The van der Waals surface area contributed by atoms with Crippen molar-refractivity contribution in [2.45, 2.75) is 56.8 Å². The average Bonchev–Trinajstić information content (AvgIpc) is 3.10. The fraction of sp³-hybridized carbons (Fsp3) is 0.571. The molecule has 0 spiro atoms. The molecule has 3 aliphatic rings. The molecule has 1 saturated heterocycles. The molecule has 2 aliphatic heterocycles. The number of nitrogens with zero attached hydrogens (tertiary/aromatic N) is 3. The highest BCUT2D eigenvalue weighted by atomic mass is 16.5. The smallest absolute Gasteiger partial charge is 0.325 e. The lowest BCUT2D eigenvalue weighted by molar-refractivity contribution is -0.127. The van der Waals surface area contributed by atoms with Crippen molar-refractivity contribution >= 4 is 17.9 Å². The number of likely N-dealkylation sites (N-methyl/N-ethyl adjacent to an activating group) is 1. The molecule has 2 fully saturated rings. The van der Waals surface area contributed by atoms with E-state index < -0.39 is 18.2 Å². The number of hydrogen-bond acceptors (Lipinski definition) is 6. The molecule has 1 aromatic rings. The number of carbonyl (C=O) groups excluding carboxylic acids is 2. The van der Waals surface area contributed by atoms with E-state index >= 15 is 0 Å². The van der Waals surface area contributed by atoms with Crippen molar-refractivity contribution < 1.29 is 14.3 Å². The third kappa shape index (κ3) is 4.31. The van der Waals surface area contributed by atoms with Crippen LogP contribution in [0.1, 0.15) is 38.5 Å². The number of urea groups is 1. The zero-order valence-electron chi connectivity index (χ0n) is 16.8. The van der Waals surface area contributed by atoms with Gasteiger partial charge in [-0.3, -0.25) is 10.1 Å².